The first-order chi connectivity index (χ1) is 6.72. The molecular weight excluding hydrogens is 237 g/mol. The van der Waals surface area contributed by atoms with Gasteiger partial charge in [0.25, 0.3) is 5.95 Å². The lowest BCUT2D eigenvalue weighted by Crippen LogP contribution is -2.26. The van der Waals surface area contributed by atoms with Crippen molar-refractivity contribution >= 4 is 10.1 Å². The van der Waals surface area contributed by atoms with Gasteiger partial charge in [-0.3, -0.25) is 0 Å². The third-order valence-corrected chi connectivity index (χ3v) is 2.66. The molecule has 0 N–H and O–H groups in total. The Morgan fingerprint density at radius 3 is 2.60 bits per heavy atom. The Morgan fingerprint density at radius 1 is 1.53 bits per heavy atom. The molecule has 1 unspecified atom stereocenters. The van der Waals surface area contributed by atoms with Gasteiger partial charge in [0.05, 0.1) is 6.61 Å². The van der Waals surface area contributed by atoms with Crippen LogP contribution >= 0.6 is 0 Å². The molecule has 0 amide bonds. The Morgan fingerprint density at radius 2 is 2.13 bits per heavy atom. The molecule has 8 heteroatoms. The summed E-state index contributed by atoms with van der Waals surface area (Å²) in [7, 11) is -5.61. The molecule has 0 saturated heterocycles. The fraction of sp³-hybridized carbons (Fsp3) is 0.714. The van der Waals surface area contributed by atoms with E-state index in [2.05, 4.69) is 8.92 Å². The maximum Gasteiger partial charge on any atom is 0.534 e. The number of hydrogen-bond donors (Lipinski definition) is 0. The third-order valence-electron chi connectivity index (χ3n) is 1.71. The minimum absolute atomic E-state index is 0.0721. The predicted octanol–water partition coefficient (Wildman–Crippen LogP) is 1.75. The molecule has 0 aliphatic carbocycles. The van der Waals surface area contributed by atoms with Crippen molar-refractivity contribution in [2.75, 3.05) is 6.61 Å². The average molecular weight is 246 g/mol. The van der Waals surface area contributed by atoms with Gasteiger partial charge in [-0.2, -0.15) is 21.6 Å². The summed E-state index contributed by atoms with van der Waals surface area (Å²) in [5, 5.41) is 0. The lowest BCUT2D eigenvalue weighted by Gasteiger charge is -2.19. The minimum Gasteiger partial charge on any atom is -0.465 e. The molecule has 1 atom stereocenters. The molecule has 15 heavy (non-hydrogen) atoms. The van der Waals surface area contributed by atoms with E-state index in [1.165, 1.54) is 6.08 Å². The number of hydrogen-bond acceptors (Lipinski definition) is 4. The molecule has 4 nitrogen and oxygen atoms in total. The van der Waals surface area contributed by atoms with Gasteiger partial charge in [0.1, 0.15) is 0 Å². The molecule has 0 aromatic heterocycles. The van der Waals surface area contributed by atoms with Crippen molar-refractivity contribution in [1.82, 2.24) is 0 Å². The Balaban J connectivity index is 2.79. The SMILES string of the molecule is CC1C=C(OS(=O)(=O)C(F)(F)F)OCC1. The molecule has 0 saturated carbocycles. The molecule has 1 heterocycles. The van der Waals surface area contributed by atoms with Gasteiger partial charge >= 0.3 is 15.6 Å². The minimum atomic E-state index is -5.61. The Bertz CT molecular complexity index is 357. The molecule has 1 aliphatic heterocycles. The van der Waals surface area contributed by atoms with E-state index in [1.54, 1.807) is 6.92 Å². The van der Waals surface area contributed by atoms with Crippen LogP contribution < -0.4 is 0 Å². The number of ether oxygens (including phenoxy) is 1. The van der Waals surface area contributed by atoms with Crippen molar-refractivity contribution in [2.24, 2.45) is 5.92 Å². The molecule has 88 valence electrons. The average Bonchev–Trinajstić information content (AvgIpc) is 2.00. The molecule has 0 spiro atoms. The lowest BCUT2D eigenvalue weighted by atomic mass is 10.1. The van der Waals surface area contributed by atoms with Gasteiger partial charge in [-0.05, 0) is 12.3 Å². The second-order valence-corrected chi connectivity index (χ2v) is 4.62. The molecule has 0 fully saturated rings. The second-order valence-electron chi connectivity index (χ2n) is 3.08. The quantitative estimate of drug-likeness (QED) is 0.550. The number of alkyl halides is 3. The highest BCUT2D eigenvalue weighted by atomic mass is 32.2. The van der Waals surface area contributed by atoms with Crippen molar-refractivity contribution in [1.29, 1.82) is 0 Å². The van der Waals surface area contributed by atoms with Gasteiger partial charge in [0.2, 0.25) is 0 Å². The van der Waals surface area contributed by atoms with E-state index >= 15 is 0 Å². The Hall–Kier alpha value is -0.920. The van der Waals surface area contributed by atoms with Crippen LogP contribution in [0, 0.1) is 5.92 Å². The van der Waals surface area contributed by atoms with Gasteiger partial charge in [0, 0.05) is 6.08 Å². The normalized spacial score (nSPS) is 22.9. The second kappa shape index (κ2) is 3.92. The van der Waals surface area contributed by atoms with Crippen molar-refractivity contribution in [3.63, 3.8) is 0 Å². The van der Waals surface area contributed by atoms with Gasteiger partial charge in [0.15, 0.2) is 0 Å². The highest BCUT2D eigenvalue weighted by molar-refractivity contribution is 7.87. The van der Waals surface area contributed by atoms with E-state index in [0.29, 0.717) is 6.42 Å². The maximum atomic E-state index is 11.9. The summed E-state index contributed by atoms with van der Waals surface area (Å²) >= 11 is 0. The van der Waals surface area contributed by atoms with Gasteiger partial charge in [-0.15, -0.1) is 0 Å². The van der Waals surface area contributed by atoms with Gasteiger partial charge < -0.3 is 8.92 Å². The first kappa shape index (κ1) is 12.2. The van der Waals surface area contributed by atoms with Gasteiger partial charge in [-0.1, -0.05) is 6.92 Å². The van der Waals surface area contributed by atoms with E-state index in [9.17, 15) is 21.6 Å². The molecule has 0 bridgehead atoms. The topological polar surface area (TPSA) is 52.6 Å². The van der Waals surface area contributed by atoms with E-state index in [0.717, 1.165) is 0 Å². The van der Waals surface area contributed by atoms with Crippen LogP contribution in [0.25, 0.3) is 0 Å². The predicted molar refractivity (Wildman–Crippen MR) is 43.9 cm³/mol. The van der Waals surface area contributed by atoms with Crippen LogP contribution in [0.2, 0.25) is 0 Å². The smallest absolute Gasteiger partial charge is 0.465 e. The van der Waals surface area contributed by atoms with E-state index in [4.69, 9.17) is 0 Å². The van der Waals surface area contributed by atoms with Crippen LogP contribution in [0.3, 0.4) is 0 Å². The van der Waals surface area contributed by atoms with Crippen molar-refractivity contribution in [3.8, 4) is 0 Å². The highest BCUT2D eigenvalue weighted by Crippen LogP contribution is 2.28. The van der Waals surface area contributed by atoms with Crippen LogP contribution in [0.4, 0.5) is 13.2 Å². The first-order valence-corrected chi connectivity index (χ1v) is 5.48. The summed E-state index contributed by atoms with van der Waals surface area (Å²) in [4.78, 5) is 0. The third kappa shape index (κ3) is 3.01. The zero-order chi connectivity index (χ0) is 11.7. The van der Waals surface area contributed by atoms with Crippen LogP contribution in [0.15, 0.2) is 12.0 Å². The number of rotatable bonds is 2. The van der Waals surface area contributed by atoms with Crippen molar-refractivity contribution < 1.29 is 30.5 Å². The monoisotopic (exact) mass is 246 g/mol. The van der Waals surface area contributed by atoms with Gasteiger partial charge in [-0.25, -0.2) is 0 Å². The molecule has 1 rings (SSSR count). The summed E-state index contributed by atoms with van der Waals surface area (Å²) in [5.74, 6) is -0.678. The zero-order valence-corrected chi connectivity index (χ0v) is 8.56. The van der Waals surface area contributed by atoms with E-state index in [-0.39, 0.29) is 12.5 Å². The fourth-order valence-electron chi connectivity index (χ4n) is 0.916. The lowest BCUT2D eigenvalue weighted by molar-refractivity contribution is -0.0570. The number of allylic oxidation sites excluding steroid dienone is 1. The van der Waals surface area contributed by atoms with Crippen LogP contribution in [0.5, 0.6) is 0 Å². The molecular formula is C7H9F3O4S. The molecule has 1 aliphatic rings. The Kier molecular flexibility index (Phi) is 3.17. The maximum absolute atomic E-state index is 11.9. The zero-order valence-electron chi connectivity index (χ0n) is 7.74. The largest absolute Gasteiger partial charge is 0.534 e. The summed E-state index contributed by atoms with van der Waals surface area (Å²) in [6.45, 7) is 1.85. The molecule has 0 radical (unpaired) electrons. The molecule has 0 aromatic carbocycles. The fourth-order valence-corrected chi connectivity index (χ4v) is 1.33. The standard InChI is InChI=1S/C7H9F3O4S/c1-5-2-3-13-6(4-5)14-15(11,12)7(8,9)10/h4-5H,2-3H2,1H3. The first-order valence-electron chi connectivity index (χ1n) is 4.08. The van der Waals surface area contributed by atoms with Crippen LogP contribution in [-0.4, -0.2) is 20.5 Å². The summed E-state index contributed by atoms with van der Waals surface area (Å²) in [6, 6.07) is 0. The summed E-state index contributed by atoms with van der Waals surface area (Å²) in [5.41, 5.74) is -5.43. The van der Waals surface area contributed by atoms with E-state index in [1.807, 2.05) is 0 Å². The van der Waals surface area contributed by atoms with E-state index < -0.39 is 21.6 Å². The number of halogens is 3. The van der Waals surface area contributed by atoms with Crippen LogP contribution in [0.1, 0.15) is 13.3 Å². The van der Waals surface area contributed by atoms with Crippen molar-refractivity contribution in [3.05, 3.63) is 12.0 Å². The molecule has 0 aromatic rings. The summed E-state index contributed by atoms with van der Waals surface area (Å²) < 4.78 is 65.2. The Labute approximate surface area is 84.8 Å². The highest BCUT2D eigenvalue weighted by Gasteiger charge is 2.49. The van der Waals surface area contributed by atoms with Crippen molar-refractivity contribution in [2.45, 2.75) is 18.9 Å². The van der Waals surface area contributed by atoms with Crippen LogP contribution in [-0.2, 0) is 19.0 Å². The summed E-state index contributed by atoms with van der Waals surface area (Å²) in [6.07, 6.45) is 1.81.